The van der Waals surface area contributed by atoms with Crippen molar-refractivity contribution in [3.8, 4) is 0 Å². The molecule has 0 bridgehead atoms. The Hall–Kier alpha value is -1.85. The van der Waals surface area contributed by atoms with Gasteiger partial charge in [0.05, 0.1) is 5.69 Å². The van der Waals surface area contributed by atoms with Crippen LogP contribution < -0.4 is 5.32 Å². The van der Waals surface area contributed by atoms with Crippen molar-refractivity contribution in [2.24, 2.45) is 5.92 Å². The van der Waals surface area contributed by atoms with Crippen LogP contribution >= 0.6 is 0 Å². The summed E-state index contributed by atoms with van der Waals surface area (Å²) in [4.78, 5) is 23.8. The van der Waals surface area contributed by atoms with Crippen LogP contribution in [0.25, 0.3) is 0 Å². The van der Waals surface area contributed by atoms with Gasteiger partial charge in [-0.1, -0.05) is 24.9 Å². The topological polar surface area (TPSA) is 81.4 Å². The van der Waals surface area contributed by atoms with Crippen LogP contribution in [0.15, 0.2) is 4.52 Å². The van der Waals surface area contributed by atoms with Gasteiger partial charge in [0, 0.05) is 6.04 Å². The highest BCUT2D eigenvalue weighted by Gasteiger charge is 2.24. The van der Waals surface area contributed by atoms with Crippen LogP contribution in [0.5, 0.6) is 0 Å². The normalized spacial score (nSPS) is 21.9. The number of rotatable bonds is 4. The van der Waals surface area contributed by atoms with Gasteiger partial charge in [0.25, 0.3) is 5.91 Å². The standard InChI is InChI=1S/C15H22N2O4/c1-9-6-4-5-7-12(9)16-13(18)8-20-15(19)14-10(2)17-21-11(14)3/h9,12H,4-8H2,1-3H3,(H,16,18)/t9-,12+/m0/s1. The van der Waals surface area contributed by atoms with E-state index < -0.39 is 5.97 Å². The molecule has 0 aromatic carbocycles. The maximum Gasteiger partial charge on any atom is 0.344 e. The van der Waals surface area contributed by atoms with E-state index in [-0.39, 0.29) is 18.6 Å². The highest BCUT2D eigenvalue weighted by molar-refractivity contribution is 5.93. The second kappa shape index (κ2) is 6.74. The zero-order valence-electron chi connectivity index (χ0n) is 12.8. The third-order valence-corrected chi connectivity index (χ3v) is 4.03. The van der Waals surface area contributed by atoms with Gasteiger partial charge in [-0.2, -0.15) is 0 Å². The van der Waals surface area contributed by atoms with Crippen LogP contribution in [0.2, 0.25) is 0 Å². The fourth-order valence-corrected chi connectivity index (χ4v) is 2.76. The first-order chi connectivity index (χ1) is 9.99. The van der Waals surface area contributed by atoms with Crippen molar-refractivity contribution in [2.45, 2.75) is 52.5 Å². The van der Waals surface area contributed by atoms with Crippen molar-refractivity contribution in [3.63, 3.8) is 0 Å². The Morgan fingerprint density at radius 3 is 2.67 bits per heavy atom. The van der Waals surface area contributed by atoms with E-state index in [9.17, 15) is 9.59 Å². The monoisotopic (exact) mass is 294 g/mol. The zero-order chi connectivity index (χ0) is 15.4. The predicted molar refractivity (Wildman–Crippen MR) is 75.8 cm³/mol. The molecule has 0 unspecified atom stereocenters. The molecule has 2 rings (SSSR count). The molecule has 1 aromatic heterocycles. The molecule has 0 radical (unpaired) electrons. The molecular weight excluding hydrogens is 272 g/mol. The van der Waals surface area contributed by atoms with Crippen LogP contribution in [0, 0.1) is 19.8 Å². The summed E-state index contributed by atoms with van der Waals surface area (Å²) in [5.41, 5.74) is 0.771. The maximum absolute atomic E-state index is 11.9. The summed E-state index contributed by atoms with van der Waals surface area (Å²) in [6, 6.07) is 0.184. The first-order valence-electron chi connectivity index (χ1n) is 7.38. The summed E-state index contributed by atoms with van der Waals surface area (Å²) in [6.07, 6.45) is 4.47. The Morgan fingerprint density at radius 2 is 2.05 bits per heavy atom. The molecule has 0 saturated heterocycles. The molecule has 21 heavy (non-hydrogen) atoms. The Kier molecular flexibility index (Phi) is 4.98. The summed E-state index contributed by atoms with van der Waals surface area (Å²) in [5, 5.41) is 6.63. The van der Waals surface area contributed by atoms with Gasteiger partial charge in [0.1, 0.15) is 11.3 Å². The van der Waals surface area contributed by atoms with E-state index in [1.54, 1.807) is 13.8 Å². The molecule has 6 heteroatoms. The van der Waals surface area contributed by atoms with Crippen molar-refractivity contribution in [2.75, 3.05) is 6.61 Å². The number of esters is 1. The van der Waals surface area contributed by atoms with Crippen molar-refractivity contribution in [1.82, 2.24) is 10.5 Å². The van der Waals surface area contributed by atoms with E-state index in [1.165, 1.54) is 6.42 Å². The second-order valence-corrected chi connectivity index (χ2v) is 5.71. The SMILES string of the molecule is Cc1noc(C)c1C(=O)OCC(=O)N[C@@H]1CCCC[C@@H]1C. The Balaban J connectivity index is 1.82. The predicted octanol–water partition coefficient (Wildman–Crippen LogP) is 2.14. The quantitative estimate of drug-likeness (QED) is 0.860. The first-order valence-corrected chi connectivity index (χ1v) is 7.38. The Labute approximate surface area is 124 Å². The van der Waals surface area contributed by atoms with E-state index in [2.05, 4.69) is 17.4 Å². The molecule has 1 amide bonds. The molecule has 0 aliphatic heterocycles. The fraction of sp³-hybridized carbons (Fsp3) is 0.667. The zero-order valence-corrected chi connectivity index (χ0v) is 12.8. The van der Waals surface area contributed by atoms with Gasteiger partial charge in [0.2, 0.25) is 0 Å². The van der Waals surface area contributed by atoms with Crippen molar-refractivity contribution in [3.05, 3.63) is 17.0 Å². The molecule has 1 heterocycles. The second-order valence-electron chi connectivity index (χ2n) is 5.71. The van der Waals surface area contributed by atoms with Crippen LogP contribution in [0.3, 0.4) is 0 Å². The molecule has 1 aliphatic carbocycles. The Morgan fingerprint density at radius 1 is 1.33 bits per heavy atom. The number of nitrogens with one attached hydrogen (secondary N) is 1. The van der Waals surface area contributed by atoms with Gasteiger partial charge in [-0.05, 0) is 32.6 Å². The fourth-order valence-electron chi connectivity index (χ4n) is 2.76. The molecular formula is C15H22N2O4. The molecule has 6 nitrogen and oxygen atoms in total. The maximum atomic E-state index is 11.9. The lowest BCUT2D eigenvalue weighted by Gasteiger charge is -2.29. The number of aromatic nitrogens is 1. The lowest BCUT2D eigenvalue weighted by atomic mass is 9.86. The molecule has 0 spiro atoms. The molecule has 1 saturated carbocycles. The van der Waals surface area contributed by atoms with E-state index >= 15 is 0 Å². The largest absolute Gasteiger partial charge is 0.452 e. The van der Waals surface area contributed by atoms with Crippen LogP contribution in [0.1, 0.15) is 54.4 Å². The summed E-state index contributed by atoms with van der Waals surface area (Å²) in [5.74, 6) is 0.0479. The lowest BCUT2D eigenvalue weighted by molar-refractivity contribution is -0.125. The smallest absolute Gasteiger partial charge is 0.344 e. The molecule has 1 fully saturated rings. The third kappa shape index (κ3) is 3.83. The minimum absolute atomic E-state index is 0.184. The number of hydrogen-bond donors (Lipinski definition) is 1. The molecule has 2 atom stereocenters. The molecule has 1 N–H and O–H groups in total. The van der Waals surface area contributed by atoms with Crippen molar-refractivity contribution >= 4 is 11.9 Å². The van der Waals surface area contributed by atoms with Crippen molar-refractivity contribution in [1.29, 1.82) is 0 Å². The molecule has 1 aromatic rings. The number of ether oxygens (including phenoxy) is 1. The molecule has 116 valence electrons. The number of carbonyl (C=O) groups excluding carboxylic acids is 2. The van der Waals surface area contributed by atoms with Gasteiger partial charge in [0.15, 0.2) is 6.61 Å². The number of amides is 1. The number of hydrogen-bond acceptors (Lipinski definition) is 5. The summed E-state index contributed by atoms with van der Waals surface area (Å²) in [6.45, 7) is 5.17. The van der Waals surface area contributed by atoms with E-state index in [1.807, 2.05) is 0 Å². The van der Waals surface area contributed by atoms with E-state index in [0.29, 0.717) is 22.9 Å². The van der Waals surface area contributed by atoms with Gasteiger partial charge in [-0.3, -0.25) is 4.79 Å². The summed E-state index contributed by atoms with van der Waals surface area (Å²) < 4.78 is 9.94. The average molecular weight is 294 g/mol. The summed E-state index contributed by atoms with van der Waals surface area (Å²) >= 11 is 0. The Bertz CT molecular complexity index is 504. The van der Waals surface area contributed by atoms with Crippen LogP contribution in [0.4, 0.5) is 0 Å². The van der Waals surface area contributed by atoms with Gasteiger partial charge < -0.3 is 14.6 Å². The number of aryl methyl sites for hydroxylation is 2. The first kappa shape index (κ1) is 15.5. The highest BCUT2D eigenvalue weighted by Crippen LogP contribution is 2.23. The highest BCUT2D eigenvalue weighted by atomic mass is 16.5. The van der Waals surface area contributed by atoms with Gasteiger partial charge in [-0.25, -0.2) is 4.79 Å². The summed E-state index contributed by atoms with van der Waals surface area (Å²) in [7, 11) is 0. The van der Waals surface area contributed by atoms with E-state index in [0.717, 1.165) is 19.3 Å². The lowest BCUT2D eigenvalue weighted by Crippen LogP contribution is -2.42. The third-order valence-electron chi connectivity index (χ3n) is 4.03. The van der Waals surface area contributed by atoms with Crippen molar-refractivity contribution < 1.29 is 18.8 Å². The van der Waals surface area contributed by atoms with E-state index in [4.69, 9.17) is 9.26 Å². The minimum atomic E-state index is -0.571. The van der Waals surface area contributed by atoms with Crippen LogP contribution in [-0.2, 0) is 9.53 Å². The number of carbonyl (C=O) groups is 2. The van der Waals surface area contributed by atoms with Gasteiger partial charge in [-0.15, -0.1) is 0 Å². The molecule has 1 aliphatic rings. The minimum Gasteiger partial charge on any atom is -0.452 e. The van der Waals surface area contributed by atoms with Crippen LogP contribution in [-0.4, -0.2) is 29.7 Å². The van der Waals surface area contributed by atoms with Gasteiger partial charge >= 0.3 is 5.97 Å². The number of nitrogens with zero attached hydrogens (tertiary/aromatic N) is 1. The average Bonchev–Trinajstić information content (AvgIpc) is 2.78.